The average Bonchev–Trinajstić information content (AvgIpc) is 3.18. The number of nitrogens with zero attached hydrogens (tertiary/aromatic N) is 2. The van der Waals surface area contributed by atoms with Gasteiger partial charge in [-0.15, -0.1) is 0 Å². The summed E-state index contributed by atoms with van der Waals surface area (Å²) in [5.41, 5.74) is 0. The third-order valence-corrected chi connectivity index (χ3v) is 4.55. The molecule has 0 aromatic carbocycles. The zero-order chi connectivity index (χ0) is 19.7. The van der Waals surface area contributed by atoms with Crippen LogP contribution in [0.5, 0.6) is 0 Å². The van der Waals surface area contributed by atoms with E-state index in [2.05, 4.69) is 36.3 Å². The summed E-state index contributed by atoms with van der Waals surface area (Å²) in [7, 11) is 0. The van der Waals surface area contributed by atoms with Gasteiger partial charge in [-0.05, 0) is 64.9 Å². The molecule has 1 aromatic rings. The van der Waals surface area contributed by atoms with Gasteiger partial charge < -0.3 is 24.7 Å². The Labute approximate surface area is 165 Å². The van der Waals surface area contributed by atoms with Crippen LogP contribution in [-0.2, 0) is 11.2 Å². The molecule has 0 radical (unpaired) electrons. The Morgan fingerprint density at radius 2 is 2.07 bits per heavy atom. The maximum atomic E-state index is 5.40. The summed E-state index contributed by atoms with van der Waals surface area (Å²) in [5.74, 6) is 1.87. The van der Waals surface area contributed by atoms with Crippen molar-refractivity contribution in [3.63, 3.8) is 0 Å². The minimum absolute atomic E-state index is 0.391. The van der Waals surface area contributed by atoms with Crippen LogP contribution in [0.2, 0.25) is 0 Å². The van der Waals surface area contributed by atoms with E-state index in [1.807, 2.05) is 19.1 Å². The highest BCUT2D eigenvalue weighted by Gasteiger charge is 2.07. The van der Waals surface area contributed by atoms with Gasteiger partial charge in [0.05, 0.1) is 6.26 Å². The third-order valence-electron chi connectivity index (χ3n) is 4.55. The van der Waals surface area contributed by atoms with Crippen LogP contribution >= 0.6 is 0 Å². The van der Waals surface area contributed by atoms with Crippen LogP contribution in [0, 0.1) is 0 Å². The summed E-state index contributed by atoms with van der Waals surface area (Å²) in [4.78, 5) is 7.17. The minimum Gasteiger partial charge on any atom is -0.469 e. The van der Waals surface area contributed by atoms with Crippen molar-refractivity contribution >= 4 is 5.96 Å². The van der Waals surface area contributed by atoms with E-state index in [1.54, 1.807) is 6.26 Å². The van der Waals surface area contributed by atoms with Crippen molar-refractivity contribution in [1.82, 2.24) is 15.5 Å². The minimum atomic E-state index is 0.391. The molecular weight excluding hydrogens is 340 g/mol. The van der Waals surface area contributed by atoms with Crippen LogP contribution in [0.1, 0.15) is 52.7 Å². The number of ether oxygens (including phenoxy) is 1. The van der Waals surface area contributed by atoms with Crippen LogP contribution in [0.15, 0.2) is 27.8 Å². The highest BCUT2D eigenvalue weighted by atomic mass is 16.5. The summed E-state index contributed by atoms with van der Waals surface area (Å²) in [6.07, 6.45) is 5.83. The number of rotatable bonds is 15. The number of furan rings is 1. The lowest BCUT2D eigenvalue weighted by atomic mass is 10.2. The number of hydrogen-bond donors (Lipinski definition) is 2. The van der Waals surface area contributed by atoms with Gasteiger partial charge in [-0.25, -0.2) is 0 Å². The molecule has 0 saturated carbocycles. The van der Waals surface area contributed by atoms with Crippen molar-refractivity contribution in [2.24, 2.45) is 4.99 Å². The van der Waals surface area contributed by atoms with Gasteiger partial charge in [0.15, 0.2) is 5.96 Å². The van der Waals surface area contributed by atoms with E-state index in [0.717, 1.165) is 76.9 Å². The molecule has 0 aliphatic heterocycles. The molecule has 0 fully saturated rings. The monoisotopic (exact) mass is 380 g/mol. The maximum Gasteiger partial charge on any atom is 0.191 e. The van der Waals surface area contributed by atoms with Crippen molar-refractivity contribution in [2.75, 3.05) is 45.9 Å². The molecule has 1 unspecified atom stereocenters. The zero-order valence-electron chi connectivity index (χ0n) is 17.8. The zero-order valence-corrected chi connectivity index (χ0v) is 17.8. The molecule has 0 aliphatic carbocycles. The van der Waals surface area contributed by atoms with Crippen molar-refractivity contribution in [3.8, 4) is 0 Å². The fraction of sp³-hybridized carbons (Fsp3) is 0.762. The van der Waals surface area contributed by atoms with E-state index in [0.29, 0.717) is 6.04 Å². The van der Waals surface area contributed by atoms with Gasteiger partial charge in [0, 0.05) is 38.8 Å². The fourth-order valence-electron chi connectivity index (χ4n) is 2.88. The van der Waals surface area contributed by atoms with E-state index < -0.39 is 0 Å². The molecule has 156 valence electrons. The molecule has 2 N–H and O–H groups in total. The standard InChI is InChI=1S/C21H40N4O2/c1-5-25(6-2)16-8-11-19(4)24-21(22-14-10-17-26-7-3)23-15-13-20-12-9-18-27-20/h9,12,18-19H,5-8,10-11,13-17H2,1-4H3,(H2,22,23,24). The Bertz CT molecular complexity index is 473. The lowest BCUT2D eigenvalue weighted by molar-refractivity contribution is 0.146. The Morgan fingerprint density at radius 1 is 1.26 bits per heavy atom. The maximum absolute atomic E-state index is 5.40. The van der Waals surface area contributed by atoms with Crippen molar-refractivity contribution < 1.29 is 9.15 Å². The van der Waals surface area contributed by atoms with Crippen LogP contribution < -0.4 is 10.6 Å². The Kier molecular flexibility index (Phi) is 13.5. The van der Waals surface area contributed by atoms with Crippen molar-refractivity contribution in [3.05, 3.63) is 24.2 Å². The first-order valence-electron chi connectivity index (χ1n) is 10.6. The highest BCUT2D eigenvalue weighted by Crippen LogP contribution is 2.01. The van der Waals surface area contributed by atoms with Gasteiger partial charge in [-0.3, -0.25) is 4.99 Å². The quantitative estimate of drug-likeness (QED) is 0.278. The van der Waals surface area contributed by atoms with Crippen LogP contribution in [-0.4, -0.2) is 62.8 Å². The van der Waals surface area contributed by atoms with Gasteiger partial charge in [0.25, 0.3) is 0 Å². The summed E-state index contributed by atoms with van der Waals surface area (Å²) in [5, 5.41) is 6.98. The molecule has 0 bridgehead atoms. The fourth-order valence-corrected chi connectivity index (χ4v) is 2.88. The van der Waals surface area contributed by atoms with E-state index in [-0.39, 0.29) is 0 Å². The highest BCUT2D eigenvalue weighted by molar-refractivity contribution is 5.80. The van der Waals surface area contributed by atoms with Crippen LogP contribution in [0.3, 0.4) is 0 Å². The Balaban J connectivity index is 2.39. The van der Waals surface area contributed by atoms with E-state index in [1.165, 1.54) is 6.42 Å². The molecule has 6 nitrogen and oxygen atoms in total. The Hall–Kier alpha value is -1.53. The van der Waals surface area contributed by atoms with Crippen molar-refractivity contribution in [2.45, 2.75) is 59.4 Å². The van der Waals surface area contributed by atoms with Gasteiger partial charge in [-0.1, -0.05) is 13.8 Å². The van der Waals surface area contributed by atoms with E-state index in [4.69, 9.17) is 14.1 Å². The molecule has 0 spiro atoms. The molecule has 27 heavy (non-hydrogen) atoms. The van der Waals surface area contributed by atoms with Gasteiger partial charge >= 0.3 is 0 Å². The summed E-state index contributed by atoms with van der Waals surface area (Å²) in [6.45, 7) is 15.2. The second-order valence-electron chi connectivity index (χ2n) is 6.75. The predicted molar refractivity (Wildman–Crippen MR) is 113 cm³/mol. The topological polar surface area (TPSA) is 62.0 Å². The first kappa shape index (κ1) is 23.5. The number of aliphatic imine (C=N–C) groups is 1. The molecular formula is C21H40N4O2. The van der Waals surface area contributed by atoms with Crippen LogP contribution in [0.4, 0.5) is 0 Å². The number of hydrogen-bond acceptors (Lipinski definition) is 4. The molecule has 1 atom stereocenters. The second-order valence-corrected chi connectivity index (χ2v) is 6.75. The first-order valence-corrected chi connectivity index (χ1v) is 10.6. The summed E-state index contributed by atoms with van der Waals surface area (Å²) in [6, 6.07) is 4.32. The predicted octanol–water partition coefficient (Wildman–Crippen LogP) is 3.29. The Morgan fingerprint density at radius 3 is 2.74 bits per heavy atom. The molecule has 0 aliphatic rings. The molecule has 1 heterocycles. The smallest absolute Gasteiger partial charge is 0.191 e. The van der Waals surface area contributed by atoms with Crippen molar-refractivity contribution in [1.29, 1.82) is 0 Å². The average molecular weight is 381 g/mol. The molecule has 0 saturated heterocycles. The van der Waals surface area contributed by atoms with Crippen LogP contribution in [0.25, 0.3) is 0 Å². The molecule has 1 aromatic heterocycles. The SMILES string of the molecule is CCOCCCN=C(NCCc1ccco1)NC(C)CCCN(CC)CC. The number of nitrogens with one attached hydrogen (secondary N) is 2. The lowest BCUT2D eigenvalue weighted by Gasteiger charge is -2.21. The molecule has 1 rings (SSSR count). The van der Waals surface area contributed by atoms with E-state index >= 15 is 0 Å². The van der Waals surface area contributed by atoms with E-state index in [9.17, 15) is 0 Å². The third kappa shape index (κ3) is 11.7. The largest absolute Gasteiger partial charge is 0.469 e. The summed E-state index contributed by atoms with van der Waals surface area (Å²) < 4.78 is 10.8. The normalized spacial score (nSPS) is 13.1. The first-order chi connectivity index (χ1) is 13.2. The second kappa shape index (κ2) is 15.5. The van der Waals surface area contributed by atoms with Gasteiger partial charge in [0.2, 0.25) is 0 Å². The van der Waals surface area contributed by atoms with Gasteiger partial charge in [-0.2, -0.15) is 0 Å². The number of guanidine groups is 1. The van der Waals surface area contributed by atoms with Gasteiger partial charge in [0.1, 0.15) is 5.76 Å². The molecule has 6 heteroatoms. The molecule has 0 amide bonds. The summed E-state index contributed by atoms with van der Waals surface area (Å²) >= 11 is 0. The lowest BCUT2D eigenvalue weighted by Crippen LogP contribution is -2.43.